The Balaban J connectivity index is 0.00000441. The monoisotopic (exact) mass is 421 g/mol. The van der Waals surface area contributed by atoms with Gasteiger partial charge in [-0.1, -0.05) is 6.07 Å². The summed E-state index contributed by atoms with van der Waals surface area (Å²) in [7, 11) is 5.73. The van der Waals surface area contributed by atoms with Crippen molar-refractivity contribution in [1.29, 1.82) is 0 Å². The number of hydrogen-bond donors (Lipinski definition) is 2. The summed E-state index contributed by atoms with van der Waals surface area (Å²) in [5.74, 6) is 1.73. The number of aromatic nitrogens is 1. The first kappa shape index (κ1) is 20.9. The molecule has 0 aromatic carbocycles. The van der Waals surface area contributed by atoms with Gasteiger partial charge in [0, 0.05) is 40.9 Å². The molecule has 1 aromatic heterocycles. The number of hydrogen-bond acceptors (Lipinski definition) is 4. The highest BCUT2D eigenvalue weighted by atomic mass is 127. The van der Waals surface area contributed by atoms with Crippen LogP contribution in [0.4, 0.5) is 5.82 Å². The SMILES string of the molecule is CCOCCCNC(=NC)NCc1cccc(N(C)C)n1.I. The maximum atomic E-state index is 5.30. The highest BCUT2D eigenvalue weighted by Crippen LogP contribution is 2.07. The van der Waals surface area contributed by atoms with E-state index < -0.39 is 0 Å². The standard InChI is InChI=1S/C15H27N5O.HI/c1-5-21-11-7-10-17-15(16-2)18-12-13-8-6-9-14(19-13)20(3)4;/h6,8-9H,5,7,10-12H2,1-4H3,(H2,16,17,18);1H. The number of aliphatic imine (C=N–C) groups is 1. The summed E-state index contributed by atoms with van der Waals surface area (Å²) in [6, 6.07) is 6.00. The van der Waals surface area contributed by atoms with Crippen molar-refractivity contribution in [1.82, 2.24) is 15.6 Å². The molecule has 7 heteroatoms. The van der Waals surface area contributed by atoms with Crippen LogP contribution in [0, 0.1) is 0 Å². The molecular formula is C15H28IN5O. The summed E-state index contributed by atoms with van der Waals surface area (Å²) in [6.45, 7) is 5.02. The molecule has 1 rings (SSSR count). The Morgan fingerprint density at radius 3 is 2.73 bits per heavy atom. The average molecular weight is 421 g/mol. The van der Waals surface area contributed by atoms with Gasteiger partial charge >= 0.3 is 0 Å². The number of nitrogens with zero attached hydrogens (tertiary/aromatic N) is 3. The van der Waals surface area contributed by atoms with Crippen LogP contribution in [0.5, 0.6) is 0 Å². The molecule has 0 saturated heterocycles. The van der Waals surface area contributed by atoms with Crippen molar-refractivity contribution in [2.24, 2.45) is 4.99 Å². The van der Waals surface area contributed by atoms with Gasteiger partial charge in [-0.05, 0) is 25.5 Å². The molecule has 6 nitrogen and oxygen atoms in total. The van der Waals surface area contributed by atoms with Crippen LogP contribution in [-0.2, 0) is 11.3 Å². The van der Waals surface area contributed by atoms with E-state index in [4.69, 9.17) is 4.74 Å². The molecule has 126 valence electrons. The molecule has 2 N–H and O–H groups in total. The molecule has 0 unspecified atom stereocenters. The number of nitrogens with one attached hydrogen (secondary N) is 2. The zero-order chi connectivity index (χ0) is 15.5. The number of halogens is 1. The number of guanidine groups is 1. The minimum atomic E-state index is 0. The van der Waals surface area contributed by atoms with Gasteiger partial charge in [0.2, 0.25) is 0 Å². The molecule has 0 amide bonds. The largest absolute Gasteiger partial charge is 0.382 e. The number of pyridine rings is 1. The third kappa shape index (κ3) is 8.38. The van der Waals surface area contributed by atoms with Gasteiger partial charge in [-0.25, -0.2) is 4.98 Å². The van der Waals surface area contributed by atoms with Crippen molar-refractivity contribution < 1.29 is 4.74 Å². The quantitative estimate of drug-likeness (QED) is 0.291. The Bertz CT molecular complexity index is 440. The predicted molar refractivity (Wildman–Crippen MR) is 103 cm³/mol. The Labute approximate surface area is 150 Å². The van der Waals surface area contributed by atoms with Crippen molar-refractivity contribution in [2.75, 3.05) is 45.8 Å². The molecule has 0 saturated carbocycles. The van der Waals surface area contributed by atoms with Crippen molar-refractivity contribution in [3.05, 3.63) is 23.9 Å². The maximum Gasteiger partial charge on any atom is 0.191 e. The van der Waals surface area contributed by atoms with Crippen LogP contribution < -0.4 is 15.5 Å². The summed E-state index contributed by atoms with van der Waals surface area (Å²) >= 11 is 0. The molecule has 0 atom stereocenters. The minimum absolute atomic E-state index is 0. The Morgan fingerprint density at radius 1 is 1.32 bits per heavy atom. The van der Waals surface area contributed by atoms with E-state index in [2.05, 4.69) is 20.6 Å². The van der Waals surface area contributed by atoms with E-state index in [1.54, 1.807) is 7.05 Å². The van der Waals surface area contributed by atoms with Gasteiger partial charge in [-0.3, -0.25) is 4.99 Å². The second kappa shape index (κ2) is 12.5. The summed E-state index contributed by atoms with van der Waals surface area (Å²) in [6.07, 6.45) is 0.961. The van der Waals surface area contributed by atoms with Gasteiger partial charge in [0.15, 0.2) is 5.96 Å². The van der Waals surface area contributed by atoms with Crippen LogP contribution in [0.25, 0.3) is 0 Å². The van der Waals surface area contributed by atoms with Crippen LogP contribution in [0.15, 0.2) is 23.2 Å². The van der Waals surface area contributed by atoms with Crippen molar-refractivity contribution in [3.8, 4) is 0 Å². The average Bonchev–Trinajstić information content (AvgIpc) is 2.50. The zero-order valence-electron chi connectivity index (χ0n) is 13.9. The first-order chi connectivity index (χ1) is 10.2. The fraction of sp³-hybridized carbons (Fsp3) is 0.600. The summed E-state index contributed by atoms with van der Waals surface area (Å²) in [4.78, 5) is 10.7. The van der Waals surface area contributed by atoms with E-state index in [1.165, 1.54) is 0 Å². The molecule has 0 spiro atoms. The number of rotatable bonds is 8. The van der Waals surface area contributed by atoms with Crippen LogP contribution >= 0.6 is 24.0 Å². The van der Waals surface area contributed by atoms with Crippen LogP contribution in [-0.4, -0.2) is 51.8 Å². The number of ether oxygens (including phenoxy) is 1. The van der Waals surface area contributed by atoms with Crippen molar-refractivity contribution in [3.63, 3.8) is 0 Å². The summed E-state index contributed by atoms with van der Waals surface area (Å²) < 4.78 is 5.30. The van der Waals surface area contributed by atoms with Crippen molar-refractivity contribution in [2.45, 2.75) is 19.9 Å². The van der Waals surface area contributed by atoms with E-state index in [1.807, 2.05) is 44.1 Å². The molecule has 0 aliphatic heterocycles. The fourth-order valence-electron chi connectivity index (χ4n) is 1.73. The maximum absolute atomic E-state index is 5.30. The second-order valence-corrected chi connectivity index (χ2v) is 4.78. The van der Waals surface area contributed by atoms with Crippen LogP contribution in [0.1, 0.15) is 19.0 Å². The lowest BCUT2D eigenvalue weighted by atomic mass is 10.3. The molecule has 0 fully saturated rings. The smallest absolute Gasteiger partial charge is 0.191 e. The third-order valence-corrected chi connectivity index (χ3v) is 2.87. The molecule has 22 heavy (non-hydrogen) atoms. The molecule has 1 aromatic rings. The van der Waals surface area contributed by atoms with Gasteiger partial charge in [0.05, 0.1) is 12.2 Å². The van der Waals surface area contributed by atoms with Gasteiger partial charge in [0.25, 0.3) is 0 Å². The van der Waals surface area contributed by atoms with Crippen LogP contribution in [0.3, 0.4) is 0 Å². The van der Waals surface area contributed by atoms with E-state index in [-0.39, 0.29) is 24.0 Å². The molecule has 0 aliphatic carbocycles. The third-order valence-electron chi connectivity index (χ3n) is 2.87. The first-order valence-electron chi connectivity index (χ1n) is 7.33. The lowest BCUT2D eigenvalue weighted by molar-refractivity contribution is 0.145. The van der Waals surface area contributed by atoms with E-state index in [0.717, 1.165) is 43.7 Å². The molecular weight excluding hydrogens is 393 g/mol. The summed E-state index contributed by atoms with van der Waals surface area (Å²) in [5.41, 5.74) is 0.985. The van der Waals surface area contributed by atoms with Gasteiger partial charge < -0.3 is 20.3 Å². The molecule has 0 bridgehead atoms. The lowest BCUT2D eigenvalue weighted by Crippen LogP contribution is -2.37. The highest BCUT2D eigenvalue weighted by Gasteiger charge is 2.01. The topological polar surface area (TPSA) is 61.8 Å². The normalized spacial score (nSPS) is 10.8. The van der Waals surface area contributed by atoms with Crippen LogP contribution in [0.2, 0.25) is 0 Å². The van der Waals surface area contributed by atoms with E-state index >= 15 is 0 Å². The molecule has 0 radical (unpaired) electrons. The second-order valence-electron chi connectivity index (χ2n) is 4.78. The lowest BCUT2D eigenvalue weighted by Gasteiger charge is -2.14. The van der Waals surface area contributed by atoms with Crippen molar-refractivity contribution >= 4 is 35.8 Å². The molecule has 0 aliphatic rings. The minimum Gasteiger partial charge on any atom is -0.382 e. The molecule has 1 heterocycles. The van der Waals surface area contributed by atoms with Gasteiger partial charge in [-0.2, -0.15) is 0 Å². The Hall–Kier alpha value is -1.09. The highest BCUT2D eigenvalue weighted by molar-refractivity contribution is 14.0. The van der Waals surface area contributed by atoms with E-state index in [0.29, 0.717) is 6.54 Å². The number of anilines is 1. The summed E-state index contributed by atoms with van der Waals surface area (Å²) in [5, 5.41) is 6.52. The van der Waals surface area contributed by atoms with Gasteiger partial charge in [0.1, 0.15) is 5.82 Å². The first-order valence-corrected chi connectivity index (χ1v) is 7.33. The fourth-order valence-corrected chi connectivity index (χ4v) is 1.73. The van der Waals surface area contributed by atoms with Gasteiger partial charge in [-0.15, -0.1) is 24.0 Å². The zero-order valence-corrected chi connectivity index (χ0v) is 16.3. The van der Waals surface area contributed by atoms with E-state index in [9.17, 15) is 0 Å². The Morgan fingerprint density at radius 2 is 2.09 bits per heavy atom. The Kier molecular flexibility index (Phi) is 11.8. The predicted octanol–water partition coefficient (Wildman–Crippen LogP) is 1.86.